The van der Waals surface area contributed by atoms with Crippen molar-refractivity contribution in [2.45, 2.75) is 20.0 Å². The van der Waals surface area contributed by atoms with Gasteiger partial charge in [-0.1, -0.05) is 12.1 Å². The molecule has 1 aromatic carbocycles. The summed E-state index contributed by atoms with van der Waals surface area (Å²) in [7, 11) is 3.58. The third-order valence-corrected chi connectivity index (χ3v) is 3.69. The zero-order chi connectivity index (χ0) is 18.8. The molecule has 0 aliphatic heterocycles. The molecule has 2 aromatic rings. The Morgan fingerprint density at radius 1 is 1.22 bits per heavy atom. The average molecular weight is 486 g/mol. The van der Waals surface area contributed by atoms with Crippen LogP contribution < -0.4 is 15.4 Å². The van der Waals surface area contributed by atoms with Crippen molar-refractivity contribution >= 4 is 35.8 Å². The number of rotatable bonds is 8. The second kappa shape index (κ2) is 12.2. The van der Waals surface area contributed by atoms with Crippen molar-refractivity contribution in [1.82, 2.24) is 15.5 Å². The van der Waals surface area contributed by atoms with Crippen molar-refractivity contribution in [3.63, 3.8) is 0 Å². The van der Waals surface area contributed by atoms with Gasteiger partial charge in [0.1, 0.15) is 18.1 Å². The first-order valence-corrected chi connectivity index (χ1v) is 8.53. The summed E-state index contributed by atoms with van der Waals surface area (Å²) in [5, 5.41) is 5.99. The Balaban J connectivity index is 0.00000364. The Morgan fingerprint density at radius 2 is 1.96 bits per heavy atom. The number of furan rings is 1. The Kier molecular flexibility index (Phi) is 10.3. The fourth-order valence-electron chi connectivity index (χ4n) is 2.35. The molecule has 1 amide bonds. The summed E-state index contributed by atoms with van der Waals surface area (Å²) < 4.78 is 10.4. The summed E-state index contributed by atoms with van der Waals surface area (Å²) in [6.45, 7) is 3.80. The number of nitrogens with one attached hydrogen (secondary N) is 2. The number of nitrogens with zero attached hydrogens (tertiary/aromatic N) is 2. The van der Waals surface area contributed by atoms with E-state index in [1.54, 1.807) is 19.4 Å². The van der Waals surface area contributed by atoms with Gasteiger partial charge in [0.05, 0.1) is 19.9 Å². The van der Waals surface area contributed by atoms with Crippen LogP contribution in [-0.4, -0.2) is 44.0 Å². The van der Waals surface area contributed by atoms with Gasteiger partial charge >= 0.3 is 0 Å². The van der Waals surface area contributed by atoms with Gasteiger partial charge in [-0.3, -0.25) is 4.79 Å². The highest BCUT2D eigenvalue weighted by Crippen LogP contribution is 2.12. The van der Waals surface area contributed by atoms with Gasteiger partial charge in [-0.2, -0.15) is 0 Å². The van der Waals surface area contributed by atoms with Crippen LogP contribution in [0.3, 0.4) is 0 Å². The molecule has 1 aromatic heterocycles. The van der Waals surface area contributed by atoms with Crippen LogP contribution in [0.1, 0.15) is 18.2 Å². The summed E-state index contributed by atoms with van der Waals surface area (Å²) >= 11 is 0. The van der Waals surface area contributed by atoms with E-state index in [0.29, 0.717) is 24.8 Å². The molecule has 0 bridgehead atoms. The van der Waals surface area contributed by atoms with Crippen LogP contribution >= 0.6 is 24.0 Å². The minimum Gasteiger partial charge on any atom is -0.497 e. The van der Waals surface area contributed by atoms with Crippen LogP contribution in [0.15, 0.2) is 52.1 Å². The average Bonchev–Trinajstić information content (AvgIpc) is 3.17. The second-order valence-corrected chi connectivity index (χ2v) is 5.73. The van der Waals surface area contributed by atoms with Gasteiger partial charge in [-0.25, -0.2) is 4.99 Å². The molecule has 27 heavy (non-hydrogen) atoms. The number of methoxy groups -OCH3 is 1. The molecular weight excluding hydrogens is 459 g/mol. The summed E-state index contributed by atoms with van der Waals surface area (Å²) in [5.74, 6) is 2.06. The van der Waals surface area contributed by atoms with Crippen LogP contribution in [0.25, 0.3) is 0 Å². The molecule has 1 heterocycles. The summed E-state index contributed by atoms with van der Waals surface area (Å²) in [4.78, 5) is 18.4. The zero-order valence-corrected chi connectivity index (χ0v) is 18.2. The van der Waals surface area contributed by atoms with Crippen molar-refractivity contribution in [3.05, 3.63) is 54.0 Å². The molecule has 7 nitrogen and oxygen atoms in total. The molecule has 0 aliphatic carbocycles. The van der Waals surface area contributed by atoms with Gasteiger partial charge in [0.2, 0.25) is 5.91 Å². The first-order chi connectivity index (χ1) is 12.6. The number of hydrogen-bond acceptors (Lipinski definition) is 4. The molecule has 8 heteroatoms. The first-order valence-electron chi connectivity index (χ1n) is 8.53. The number of amides is 1. The lowest BCUT2D eigenvalue weighted by atomic mass is 10.2. The molecule has 0 spiro atoms. The highest BCUT2D eigenvalue weighted by Gasteiger charge is 2.08. The molecule has 0 aliphatic rings. The molecule has 148 valence electrons. The van der Waals surface area contributed by atoms with Crippen LogP contribution in [-0.2, 0) is 17.9 Å². The van der Waals surface area contributed by atoms with E-state index in [-0.39, 0.29) is 36.4 Å². The lowest BCUT2D eigenvalue weighted by molar-refractivity contribution is -0.119. The lowest BCUT2D eigenvalue weighted by Crippen LogP contribution is -2.39. The fourth-order valence-corrected chi connectivity index (χ4v) is 2.35. The van der Waals surface area contributed by atoms with Crippen molar-refractivity contribution in [2.75, 3.05) is 27.2 Å². The minimum absolute atomic E-state index is 0. The highest BCUT2D eigenvalue weighted by atomic mass is 127. The van der Waals surface area contributed by atoms with E-state index in [1.165, 1.54) is 0 Å². The second-order valence-electron chi connectivity index (χ2n) is 5.73. The maximum atomic E-state index is 12.0. The SMILES string of the molecule is CCNC(=NCC(=O)NCc1ccco1)N(C)Cc1ccc(OC)cc1.I. The normalized spacial score (nSPS) is 10.7. The predicted octanol–water partition coefficient (Wildman–Crippen LogP) is 2.62. The monoisotopic (exact) mass is 486 g/mol. The van der Waals surface area contributed by atoms with E-state index in [2.05, 4.69) is 15.6 Å². The molecular formula is C19H27IN4O3. The van der Waals surface area contributed by atoms with Gasteiger partial charge in [0.15, 0.2) is 5.96 Å². The quantitative estimate of drug-likeness (QED) is 0.341. The Bertz CT molecular complexity index is 702. The number of ether oxygens (including phenoxy) is 1. The number of aliphatic imine (C=N–C) groups is 1. The Labute approximate surface area is 177 Å². The molecule has 0 atom stereocenters. The van der Waals surface area contributed by atoms with Gasteiger partial charge < -0.3 is 24.7 Å². The van der Waals surface area contributed by atoms with Crippen molar-refractivity contribution in [1.29, 1.82) is 0 Å². The van der Waals surface area contributed by atoms with Crippen LogP contribution in [0.2, 0.25) is 0 Å². The number of guanidine groups is 1. The van der Waals surface area contributed by atoms with Crippen molar-refractivity contribution in [3.8, 4) is 5.75 Å². The van der Waals surface area contributed by atoms with E-state index in [0.717, 1.165) is 17.9 Å². The smallest absolute Gasteiger partial charge is 0.242 e. The topological polar surface area (TPSA) is 79.1 Å². The molecule has 0 unspecified atom stereocenters. The van der Waals surface area contributed by atoms with Gasteiger partial charge in [0.25, 0.3) is 0 Å². The number of carbonyl (C=O) groups excluding carboxylic acids is 1. The van der Waals surface area contributed by atoms with E-state index in [4.69, 9.17) is 9.15 Å². The molecule has 2 N–H and O–H groups in total. The largest absolute Gasteiger partial charge is 0.497 e. The summed E-state index contributed by atoms with van der Waals surface area (Å²) in [5.41, 5.74) is 1.13. The molecule has 0 saturated carbocycles. The number of halogens is 1. The third-order valence-electron chi connectivity index (χ3n) is 3.69. The van der Waals surface area contributed by atoms with Crippen LogP contribution in [0.5, 0.6) is 5.75 Å². The number of benzene rings is 1. The lowest BCUT2D eigenvalue weighted by Gasteiger charge is -2.22. The van der Waals surface area contributed by atoms with E-state index in [1.807, 2.05) is 49.2 Å². The highest BCUT2D eigenvalue weighted by molar-refractivity contribution is 14.0. The Morgan fingerprint density at radius 3 is 2.56 bits per heavy atom. The standard InChI is InChI=1S/C19H26N4O3.HI/c1-4-20-19(22-13-18(24)21-12-17-6-5-11-26-17)23(2)14-15-7-9-16(25-3)10-8-15;/h5-11H,4,12-14H2,1-3H3,(H,20,22)(H,21,24);1H. The van der Waals surface area contributed by atoms with Gasteiger partial charge in [-0.15, -0.1) is 24.0 Å². The fraction of sp³-hybridized carbons (Fsp3) is 0.368. The third kappa shape index (κ3) is 7.90. The summed E-state index contributed by atoms with van der Waals surface area (Å²) in [6, 6.07) is 11.5. The number of carbonyl (C=O) groups is 1. The number of hydrogen-bond donors (Lipinski definition) is 2. The van der Waals surface area contributed by atoms with Crippen molar-refractivity contribution in [2.24, 2.45) is 4.99 Å². The predicted molar refractivity (Wildman–Crippen MR) is 116 cm³/mol. The van der Waals surface area contributed by atoms with Crippen LogP contribution in [0.4, 0.5) is 0 Å². The zero-order valence-electron chi connectivity index (χ0n) is 15.9. The molecule has 0 saturated heterocycles. The molecule has 2 rings (SSSR count). The van der Waals surface area contributed by atoms with E-state index < -0.39 is 0 Å². The maximum Gasteiger partial charge on any atom is 0.242 e. The Hall–Kier alpha value is -2.23. The first kappa shape index (κ1) is 22.8. The van der Waals surface area contributed by atoms with Gasteiger partial charge in [-0.05, 0) is 36.8 Å². The van der Waals surface area contributed by atoms with E-state index >= 15 is 0 Å². The minimum atomic E-state index is -0.158. The molecule has 0 radical (unpaired) electrons. The maximum absolute atomic E-state index is 12.0. The van der Waals surface area contributed by atoms with Crippen LogP contribution in [0, 0.1) is 0 Å². The van der Waals surface area contributed by atoms with Crippen molar-refractivity contribution < 1.29 is 13.9 Å². The summed E-state index contributed by atoms with van der Waals surface area (Å²) in [6.07, 6.45) is 1.58. The van der Waals surface area contributed by atoms with E-state index in [9.17, 15) is 4.79 Å². The molecule has 0 fully saturated rings. The van der Waals surface area contributed by atoms with Gasteiger partial charge in [0, 0.05) is 20.1 Å².